The number of aliphatic hydroxyl groups is 1. The molecular formula is C11H14O3. The molecule has 0 unspecified atom stereocenters. The van der Waals surface area contributed by atoms with E-state index in [1.165, 1.54) is 0 Å². The largest absolute Gasteiger partial charge is 0.484 e. The Balaban J connectivity index is 2.26. The van der Waals surface area contributed by atoms with Gasteiger partial charge in [-0.05, 0) is 13.3 Å². The maximum absolute atomic E-state index is 11.6. The van der Waals surface area contributed by atoms with Gasteiger partial charge in [0.05, 0.1) is 6.10 Å². The van der Waals surface area contributed by atoms with Crippen molar-refractivity contribution in [1.29, 1.82) is 0 Å². The summed E-state index contributed by atoms with van der Waals surface area (Å²) in [6, 6.07) is 0. The van der Waals surface area contributed by atoms with E-state index in [4.69, 9.17) is 4.74 Å². The number of hydrogen-bond donors (Lipinski definition) is 1. The number of aliphatic hydroxyl groups excluding tert-OH is 1. The van der Waals surface area contributed by atoms with E-state index in [-0.39, 0.29) is 5.78 Å². The second kappa shape index (κ2) is 3.24. The highest BCUT2D eigenvalue weighted by Gasteiger charge is 2.41. The van der Waals surface area contributed by atoms with Crippen LogP contribution in [0.3, 0.4) is 0 Å². The summed E-state index contributed by atoms with van der Waals surface area (Å²) in [5.41, 5.74) is -0.844. The molecule has 0 aromatic carbocycles. The highest BCUT2D eigenvalue weighted by atomic mass is 16.5. The van der Waals surface area contributed by atoms with Gasteiger partial charge in [0.2, 0.25) is 5.78 Å². The van der Waals surface area contributed by atoms with Gasteiger partial charge in [0, 0.05) is 18.9 Å². The van der Waals surface area contributed by atoms with Crippen molar-refractivity contribution in [2.24, 2.45) is 0 Å². The van der Waals surface area contributed by atoms with Gasteiger partial charge in [-0.3, -0.25) is 4.79 Å². The third kappa shape index (κ3) is 1.60. The minimum Gasteiger partial charge on any atom is -0.484 e. The first-order chi connectivity index (χ1) is 6.60. The van der Waals surface area contributed by atoms with E-state index in [1.807, 2.05) is 6.08 Å². The molecule has 0 radical (unpaired) electrons. The maximum Gasteiger partial charge on any atom is 0.202 e. The second-order valence-electron chi connectivity index (χ2n) is 4.05. The number of carbonyl (C=O) groups is 1. The van der Waals surface area contributed by atoms with E-state index in [0.717, 1.165) is 18.6 Å². The van der Waals surface area contributed by atoms with E-state index >= 15 is 0 Å². The fourth-order valence-electron chi connectivity index (χ4n) is 1.88. The van der Waals surface area contributed by atoms with Crippen molar-refractivity contribution < 1.29 is 14.6 Å². The molecule has 0 saturated carbocycles. The number of allylic oxidation sites excluding steroid dienone is 2. The predicted octanol–water partition coefficient (Wildman–Crippen LogP) is 1.33. The smallest absolute Gasteiger partial charge is 0.202 e. The number of ketones is 1. The monoisotopic (exact) mass is 194 g/mol. The molecule has 0 aliphatic carbocycles. The van der Waals surface area contributed by atoms with E-state index in [1.54, 1.807) is 19.1 Å². The molecule has 1 N–H and O–H groups in total. The zero-order valence-electron chi connectivity index (χ0n) is 8.19. The van der Waals surface area contributed by atoms with Crippen molar-refractivity contribution in [1.82, 2.24) is 0 Å². The molecule has 0 saturated heterocycles. The van der Waals surface area contributed by atoms with E-state index in [9.17, 15) is 9.90 Å². The van der Waals surface area contributed by atoms with Crippen LogP contribution < -0.4 is 0 Å². The lowest BCUT2D eigenvalue weighted by Crippen LogP contribution is -2.36. The molecule has 0 amide bonds. The van der Waals surface area contributed by atoms with Gasteiger partial charge in [-0.1, -0.05) is 12.2 Å². The summed E-state index contributed by atoms with van der Waals surface area (Å²) in [6.45, 7) is 1.74. The molecule has 2 atom stereocenters. The van der Waals surface area contributed by atoms with Gasteiger partial charge in [-0.25, -0.2) is 0 Å². The van der Waals surface area contributed by atoms with E-state index < -0.39 is 11.7 Å². The van der Waals surface area contributed by atoms with Crippen LogP contribution in [0.1, 0.15) is 26.2 Å². The van der Waals surface area contributed by atoms with Crippen LogP contribution in [-0.2, 0) is 9.53 Å². The Bertz CT molecular complexity index is 316. The van der Waals surface area contributed by atoms with Gasteiger partial charge < -0.3 is 9.84 Å². The third-order valence-corrected chi connectivity index (χ3v) is 2.68. The van der Waals surface area contributed by atoms with E-state index in [0.29, 0.717) is 6.42 Å². The van der Waals surface area contributed by atoms with Gasteiger partial charge in [0.1, 0.15) is 5.76 Å². The Morgan fingerprint density at radius 2 is 2.43 bits per heavy atom. The third-order valence-electron chi connectivity index (χ3n) is 2.68. The Kier molecular flexibility index (Phi) is 2.19. The standard InChI is InChI=1S/C11H14O3/c1-11-7-8(12)4-2-3-5-9(14-11)6-10(11)13/h2,4,6,8,12H,3,5,7H2,1H3/b4-2-/t8-,11+/m0/s1. The van der Waals surface area contributed by atoms with Crippen molar-refractivity contribution in [3.05, 3.63) is 24.0 Å². The highest BCUT2D eigenvalue weighted by Crippen LogP contribution is 2.32. The summed E-state index contributed by atoms with van der Waals surface area (Å²) >= 11 is 0. The molecule has 0 aromatic rings. The molecule has 0 spiro atoms. The zero-order chi connectivity index (χ0) is 10.2. The molecule has 3 heteroatoms. The van der Waals surface area contributed by atoms with Crippen LogP contribution in [0.2, 0.25) is 0 Å². The lowest BCUT2D eigenvalue weighted by Gasteiger charge is -2.24. The second-order valence-corrected chi connectivity index (χ2v) is 4.05. The molecule has 0 fully saturated rings. The van der Waals surface area contributed by atoms with Crippen molar-refractivity contribution in [3.8, 4) is 0 Å². The lowest BCUT2D eigenvalue weighted by atomic mass is 9.94. The number of ether oxygens (including phenoxy) is 1. The fraction of sp³-hybridized carbons (Fsp3) is 0.545. The Hall–Kier alpha value is -1.09. The molecule has 2 rings (SSSR count). The first-order valence-corrected chi connectivity index (χ1v) is 4.89. The van der Waals surface area contributed by atoms with Gasteiger partial charge >= 0.3 is 0 Å². The Labute approximate surface area is 83.1 Å². The van der Waals surface area contributed by atoms with Crippen LogP contribution in [0, 0.1) is 0 Å². The van der Waals surface area contributed by atoms with Crippen LogP contribution in [0.25, 0.3) is 0 Å². The summed E-state index contributed by atoms with van der Waals surface area (Å²) in [4.78, 5) is 11.6. The van der Waals surface area contributed by atoms with Crippen molar-refractivity contribution in [3.63, 3.8) is 0 Å². The number of fused-ring (bicyclic) bond motifs is 2. The highest BCUT2D eigenvalue weighted by molar-refractivity contribution is 5.99. The van der Waals surface area contributed by atoms with Gasteiger partial charge in [0.15, 0.2) is 5.60 Å². The summed E-state index contributed by atoms with van der Waals surface area (Å²) < 4.78 is 5.56. The van der Waals surface area contributed by atoms with Crippen molar-refractivity contribution in [2.45, 2.75) is 37.9 Å². The Morgan fingerprint density at radius 1 is 1.64 bits per heavy atom. The zero-order valence-corrected chi connectivity index (χ0v) is 8.19. The summed E-state index contributed by atoms with van der Waals surface area (Å²) in [5.74, 6) is 0.720. The normalized spacial score (nSPS) is 39.1. The van der Waals surface area contributed by atoms with Crippen molar-refractivity contribution >= 4 is 5.78 Å². The number of rotatable bonds is 0. The van der Waals surface area contributed by atoms with Crippen LogP contribution in [0.4, 0.5) is 0 Å². The first-order valence-electron chi connectivity index (χ1n) is 4.89. The molecular weight excluding hydrogens is 180 g/mol. The van der Waals surface area contributed by atoms with Crippen LogP contribution >= 0.6 is 0 Å². The Morgan fingerprint density at radius 3 is 3.21 bits per heavy atom. The number of carbonyl (C=O) groups excluding carboxylic acids is 1. The molecule has 3 nitrogen and oxygen atoms in total. The van der Waals surface area contributed by atoms with Gasteiger partial charge in [0.25, 0.3) is 0 Å². The topological polar surface area (TPSA) is 46.5 Å². The summed E-state index contributed by atoms with van der Waals surface area (Å²) in [7, 11) is 0. The lowest BCUT2D eigenvalue weighted by molar-refractivity contribution is -0.130. The van der Waals surface area contributed by atoms with Crippen LogP contribution in [0.15, 0.2) is 24.0 Å². The fourth-order valence-corrected chi connectivity index (χ4v) is 1.88. The van der Waals surface area contributed by atoms with Crippen LogP contribution in [0.5, 0.6) is 0 Å². The SMILES string of the molecule is C[C@@]12C[C@@H](O)/C=C\CCC(=CC1=O)O2. The first kappa shape index (κ1) is 9.46. The van der Waals surface area contributed by atoms with Gasteiger partial charge in [-0.15, -0.1) is 0 Å². The molecule has 0 aromatic heterocycles. The summed E-state index contributed by atoms with van der Waals surface area (Å²) in [5, 5.41) is 9.60. The van der Waals surface area contributed by atoms with Crippen molar-refractivity contribution in [2.75, 3.05) is 0 Å². The molecule has 2 aliphatic heterocycles. The van der Waals surface area contributed by atoms with Gasteiger partial charge in [-0.2, -0.15) is 0 Å². The molecule has 76 valence electrons. The molecule has 2 aliphatic rings. The average molecular weight is 194 g/mol. The average Bonchev–Trinajstić information content (AvgIpc) is 2.39. The predicted molar refractivity (Wildman–Crippen MR) is 51.6 cm³/mol. The molecule has 14 heavy (non-hydrogen) atoms. The summed E-state index contributed by atoms with van der Waals surface area (Å²) in [6.07, 6.45) is 6.53. The molecule has 2 bridgehead atoms. The quantitative estimate of drug-likeness (QED) is 0.592. The minimum absolute atomic E-state index is 0.0261. The minimum atomic E-state index is -0.844. The van der Waals surface area contributed by atoms with E-state index in [2.05, 4.69) is 0 Å². The number of hydrogen-bond acceptors (Lipinski definition) is 3. The molecule has 2 heterocycles. The maximum atomic E-state index is 11.6. The van der Waals surface area contributed by atoms with Crippen LogP contribution in [-0.4, -0.2) is 22.6 Å².